The molecule has 0 saturated carbocycles. The molecule has 0 bridgehead atoms. The second kappa shape index (κ2) is 6.31. The predicted molar refractivity (Wildman–Crippen MR) is 70.9 cm³/mol. The van der Waals surface area contributed by atoms with Crippen molar-refractivity contribution in [1.29, 1.82) is 0 Å². The molecule has 2 amide bonds. The van der Waals surface area contributed by atoms with Gasteiger partial charge in [0, 0.05) is 18.6 Å². The quantitative estimate of drug-likeness (QED) is 0.817. The average molecular weight is 272 g/mol. The number of carbonyl (C=O) groups excluding carboxylic acids is 1. The van der Waals surface area contributed by atoms with Crippen LogP contribution in [0, 0.1) is 0 Å². The van der Waals surface area contributed by atoms with Crippen molar-refractivity contribution >= 4 is 23.8 Å². The van der Waals surface area contributed by atoms with Gasteiger partial charge in [-0.1, -0.05) is 0 Å². The van der Waals surface area contributed by atoms with E-state index >= 15 is 0 Å². The Bertz CT molecular complexity index is 318. The van der Waals surface area contributed by atoms with E-state index in [1.54, 1.807) is 4.90 Å². The van der Waals surface area contributed by atoms with Crippen molar-refractivity contribution in [1.82, 2.24) is 10.2 Å². The number of hydrogen-bond acceptors (Lipinski definition) is 3. The number of nitrogens with one attached hydrogen (secondary N) is 1. The van der Waals surface area contributed by atoms with Gasteiger partial charge in [0.25, 0.3) is 0 Å². The molecule has 5 nitrogen and oxygen atoms in total. The molecule has 0 radical (unpaired) electrons. The van der Waals surface area contributed by atoms with Gasteiger partial charge in [0.05, 0.1) is 6.42 Å². The summed E-state index contributed by atoms with van der Waals surface area (Å²) in [7, 11) is 0. The van der Waals surface area contributed by atoms with Crippen molar-refractivity contribution in [2.45, 2.75) is 44.2 Å². The number of likely N-dealkylation sites (tertiary alicyclic amines) is 1. The predicted octanol–water partition coefficient (Wildman–Crippen LogP) is 1.53. The van der Waals surface area contributed by atoms with Crippen LogP contribution in [-0.4, -0.2) is 52.1 Å². The van der Waals surface area contributed by atoms with E-state index in [9.17, 15) is 9.59 Å². The fourth-order valence-electron chi connectivity index (χ4n) is 2.62. The summed E-state index contributed by atoms with van der Waals surface area (Å²) >= 11 is 1.92. The molecule has 0 spiro atoms. The number of carbonyl (C=O) groups is 2. The van der Waals surface area contributed by atoms with Crippen molar-refractivity contribution in [2.75, 3.05) is 18.1 Å². The van der Waals surface area contributed by atoms with E-state index in [1.807, 2.05) is 11.8 Å². The highest BCUT2D eigenvalue weighted by Gasteiger charge is 2.31. The third-order valence-corrected chi connectivity index (χ3v) is 4.65. The largest absolute Gasteiger partial charge is 0.481 e. The first-order valence-corrected chi connectivity index (χ1v) is 7.69. The first kappa shape index (κ1) is 13.5. The van der Waals surface area contributed by atoms with Gasteiger partial charge in [0.15, 0.2) is 0 Å². The first-order chi connectivity index (χ1) is 8.66. The van der Waals surface area contributed by atoms with Crippen LogP contribution in [-0.2, 0) is 4.79 Å². The van der Waals surface area contributed by atoms with Crippen molar-refractivity contribution < 1.29 is 14.7 Å². The SMILES string of the molecule is O=C(O)CC1CCCN1C(=O)NC1CCSCC1. The molecule has 2 rings (SSSR count). The molecule has 0 aromatic heterocycles. The average Bonchev–Trinajstić information content (AvgIpc) is 2.77. The summed E-state index contributed by atoms with van der Waals surface area (Å²) in [4.78, 5) is 24.6. The lowest BCUT2D eigenvalue weighted by atomic mass is 10.1. The number of carboxylic acids is 1. The molecule has 102 valence electrons. The fourth-order valence-corrected chi connectivity index (χ4v) is 3.72. The van der Waals surface area contributed by atoms with Gasteiger partial charge >= 0.3 is 12.0 Å². The molecule has 2 saturated heterocycles. The lowest BCUT2D eigenvalue weighted by molar-refractivity contribution is -0.137. The van der Waals surface area contributed by atoms with Crippen molar-refractivity contribution in [2.24, 2.45) is 0 Å². The summed E-state index contributed by atoms with van der Waals surface area (Å²) in [5.41, 5.74) is 0. The van der Waals surface area contributed by atoms with E-state index in [4.69, 9.17) is 5.11 Å². The van der Waals surface area contributed by atoms with E-state index in [0.29, 0.717) is 6.54 Å². The molecular formula is C12H20N2O3S. The standard InChI is InChI=1S/C12H20N2O3S/c15-11(16)8-10-2-1-5-14(10)12(17)13-9-3-6-18-7-4-9/h9-10H,1-8H2,(H,13,17)(H,15,16). The smallest absolute Gasteiger partial charge is 0.317 e. The van der Waals surface area contributed by atoms with E-state index in [-0.39, 0.29) is 24.5 Å². The normalized spacial score (nSPS) is 25.1. The summed E-state index contributed by atoms with van der Waals surface area (Å²) < 4.78 is 0. The minimum Gasteiger partial charge on any atom is -0.481 e. The zero-order valence-corrected chi connectivity index (χ0v) is 11.2. The Morgan fingerprint density at radius 1 is 1.28 bits per heavy atom. The Morgan fingerprint density at radius 2 is 2.00 bits per heavy atom. The Labute approximate surface area is 111 Å². The number of hydrogen-bond donors (Lipinski definition) is 2. The highest BCUT2D eigenvalue weighted by Crippen LogP contribution is 2.22. The third-order valence-electron chi connectivity index (χ3n) is 3.60. The van der Waals surface area contributed by atoms with E-state index < -0.39 is 5.97 Å². The number of rotatable bonds is 3. The van der Waals surface area contributed by atoms with Gasteiger partial charge in [-0.2, -0.15) is 11.8 Å². The van der Waals surface area contributed by atoms with Crippen LogP contribution in [0.3, 0.4) is 0 Å². The number of aliphatic carboxylic acids is 1. The summed E-state index contributed by atoms with van der Waals surface area (Å²) in [5, 5.41) is 11.9. The van der Waals surface area contributed by atoms with Crippen LogP contribution in [0.4, 0.5) is 4.79 Å². The van der Waals surface area contributed by atoms with Crippen LogP contribution in [0.1, 0.15) is 32.1 Å². The summed E-state index contributed by atoms with van der Waals surface area (Å²) in [6.07, 6.45) is 3.82. The number of carboxylic acid groups (broad SMARTS) is 1. The van der Waals surface area contributed by atoms with Gasteiger partial charge in [-0.05, 0) is 37.2 Å². The molecule has 2 aliphatic heterocycles. The summed E-state index contributed by atoms with van der Waals surface area (Å²) in [6, 6.07) is 0.0703. The number of urea groups is 1. The Hall–Kier alpha value is -0.910. The topological polar surface area (TPSA) is 69.6 Å². The maximum Gasteiger partial charge on any atom is 0.317 e. The van der Waals surface area contributed by atoms with Crippen LogP contribution in [0.25, 0.3) is 0 Å². The second-order valence-electron chi connectivity index (χ2n) is 4.92. The van der Waals surface area contributed by atoms with Crippen LogP contribution in [0.15, 0.2) is 0 Å². The van der Waals surface area contributed by atoms with Crippen LogP contribution >= 0.6 is 11.8 Å². The Kier molecular flexibility index (Phi) is 4.74. The maximum absolute atomic E-state index is 12.1. The number of thioether (sulfide) groups is 1. The highest BCUT2D eigenvalue weighted by molar-refractivity contribution is 7.99. The van der Waals surface area contributed by atoms with E-state index in [2.05, 4.69) is 5.32 Å². The molecule has 1 unspecified atom stereocenters. The molecule has 2 fully saturated rings. The molecule has 2 N–H and O–H groups in total. The van der Waals surface area contributed by atoms with Gasteiger partial charge in [0.1, 0.15) is 0 Å². The summed E-state index contributed by atoms with van der Waals surface area (Å²) in [5.74, 6) is 1.38. The van der Waals surface area contributed by atoms with Gasteiger partial charge in [-0.25, -0.2) is 4.79 Å². The molecule has 0 aromatic rings. The molecule has 2 heterocycles. The minimum atomic E-state index is -0.825. The molecule has 2 aliphatic rings. The van der Waals surface area contributed by atoms with E-state index in [1.165, 1.54) is 0 Å². The molecule has 6 heteroatoms. The number of amides is 2. The lowest BCUT2D eigenvalue weighted by Crippen LogP contribution is -2.48. The Morgan fingerprint density at radius 3 is 2.67 bits per heavy atom. The van der Waals surface area contributed by atoms with Crippen molar-refractivity contribution in [3.8, 4) is 0 Å². The first-order valence-electron chi connectivity index (χ1n) is 6.53. The van der Waals surface area contributed by atoms with Gasteiger partial charge in [0.2, 0.25) is 0 Å². The second-order valence-corrected chi connectivity index (χ2v) is 6.15. The highest BCUT2D eigenvalue weighted by atomic mass is 32.2. The number of nitrogens with zero attached hydrogens (tertiary/aromatic N) is 1. The van der Waals surface area contributed by atoms with E-state index in [0.717, 1.165) is 37.2 Å². The van der Waals surface area contributed by atoms with Gasteiger partial charge in [-0.15, -0.1) is 0 Å². The van der Waals surface area contributed by atoms with Gasteiger partial charge in [-0.3, -0.25) is 4.79 Å². The van der Waals surface area contributed by atoms with Crippen LogP contribution in [0.2, 0.25) is 0 Å². The zero-order valence-electron chi connectivity index (χ0n) is 10.4. The molecule has 0 aromatic carbocycles. The minimum absolute atomic E-state index is 0.0634. The summed E-state index contributed by atoms with van der Waals surface area (Å²) in [6.45, 7) is 0.686. The molecule has 18 heavy (non-hydrogen) atoms. The van der Waals surface area contributed by atoms with Gasteiger partial charge < -0.3 is 15.3 Å². The van der Waals surface area contributed by atoms with Crippen LogP contribution in [0.5, 0.6) is 0 Å². The third kappa shape index (κ3) is 3.54. The molecule has 0 aliphatic carbocycles. The lowest BCUT2D eigenvalue weighted by Gasteiger charge is -2.28. The van der Waals surface area contributed by atoms with Crippen molar-refractivity contribution in [3.05, 3.63) is 0 Å². The maximum atomic E-state index is 12.1. The Balaban J connectivity index is 1.84. The monoisotopic (exact) mass is 272 g/mol. The molecular weight excluding hydrogens is 252 g/mol. The zero-order chi connectivity index (χ0) is 13.0. The molecule has 1 atom stereocenters. The van der Waals surface area contributed by atoms with Crippen molar-refractivity contribution in [3.63, 3.8) is 0 Å². The van der Waals surface area contributed by atoms with Crippen LogP contribution < -0.4 is 5.32 Å². The fraction of sp³-hybridized carbons (Fsp3) is 0.833.